The van der Waals surface area contributed by atoms with Crippen LogP contribution in [0.15, 0.2) is 53.4 Å². The van der Waals surface area contributed by atoms with Gasteiger partial charge in [-0.25, -0.2) is 0 Å². The van der Waals surface area contributed by atoms with Gasteiger partial charge in [0.2, 0.25) is 5.91 Å². The molecule has 30 heavy (non-hydrogen) atoms. The first-order valence-electron chi connectivity index (χ1n) is 10.0. The molecule has 1 aliphatic heterocycles. The zero-order chi connectivity index (χ0) is 21.7. The summed E-state index contributed by atoms with van der Waals surface area (Å²) >= 11 is 1.78. The molecule has 6 nitrogen and oxygen atoms in total. The second kappa shape index (κ2) is 9.96. The van der Waals surface area contributed by atoms with E-state index in [4.69, 9.17) is 0 Å². The Hall–Kier alpha value is -1.87. The van der Waals surface area contributed by atoms with Gasteiger partial charge in [-0.1, -0.05) is 30.3 Å². The second-order valence-electron chi connectivity index (χ2n) is 7.70. The van der Waals surface area contributed by atoms with Crippen molar-refractivity contribution >= 4 is 33.6 Å². The number of anilines is 1. The third-order valence-electron chi connectivity index (χ3n) is 5.31. The Morgan fingerprint density at radius 2 is 1.80 bits per heavy atom. The topological polar surface area (TPSA) is 69.7 Å². The number of benzene rings is 2. The maximum atomic E-state index is 12.7. The van der Waals surface area contributed by atoms with Gasteiger partial charge in [0.05, 0.1) is 0 Å². The number of piperidine rings is 1. The predicted molar refractivity (Wildman–Crippen MR) is 123 cm³/mol. The van der Waals surface area contributed by atoms with Gasteiger partial charge in [-0.3, -0.25) is 4.79 Å². The monoisotopic (exact) mass is 447 g/mol. The molecule has 1 N–H and O–H groups in total. The molecule has 0 saturated carbocycles. The zero-order valence-electron chi connectivity index (χ0n) is 17.7. The fraction of sp³-hybridized carbons (Fsp3) is 0.409. The Labute approximate surface area is 183 Å². The maximum Gasteiger partial charge on any atom is 0.281 e. The van der Waals surface area contributed by atoms with Crippen LogP contribution in [0.3, 0.4) is 0 Å². The quantitative estimate of drug-likeness (QED) is 0.657. The number of amides is 1. The number of carbonyl (C=O) groups is 1. The average molecular weight is 448 g/mol. The Morgan fingerprint density at radius 3 is 2.40 bits per heavy atom. The molecular weight excluding hydrogens is 418 g/mol. The predicted octanol–water partition coefficient (Wildman–Crippen LogP) is 3.74. The van der Waals surface area contributed by atoms with Gasteiger partial charge in [0, 0.05) is 49.4 Å². The summed E-state index contributed by atoms with van der Waals surface area (Å²) < 4.78 is 27.1. The van der Waals surface area contributed by atoms with Gasteiger partial charge in [-0.2, -0.15) is 17.0 Å². The Morgan fingerprint density at radius 1 is 1.13 bits per heavy atom. The lowest BCUT2D eigenvalue weighted by Crippen LogP contribution is -2.46. The number of thioether (sulfide) groups is 1. The van der Waals surface area contributed by atoms with Crippen LogP contribution in [0.1, 0.15) is 24.0 Å². The van der Waals surface area contributed by atoms with Gasteiger partial charge in [-0.15, -0.1) is 11.8 Å². The lowest BCUT2D eigenvalue weighted by molar-refractivity contribution is -0.120. The van der Waals surface area contributed by atoms with E-state index in [0.29, 0.717) is 25.9 Å². The van der Waals surface area contributed by atoms with Crippen molar-refractivity contribution in [1.82, 2.24) is 8.61 Å². The molecule has 1 fully saturated rings. The third-order valence-corrected chi connectivity index (χ3v) is 8.33. The van der Waals surface area contributed by atoms with Crippen LogP contribution in [0.2, 0.25) is 0 Å². The molecule has 2 aromatic rings. The van der Waals surface area contributed by atoms with Crippen molar-refractivity contribution in [1.29, 1.82) is 0 Å². The molecule has 162 valence electrons. The van der Waals surface area contributed by atoms with E-state index < -0.39 is 10.2 Å². The fourth-order valence-corrected chi connectivity index (χ4v) is 5.45. The lowest BCUT2D eigenvalue weighted by Gasteiger charge is -2.32. The number of rotatable bonds is 7. The molecule has 3 rings (SSSR count). The SMILES string of the molecule is Cc1cc(CSc2ccccc2)ccc1NC(=O)C1CCN(S(=O)(=O)N(C)C)CC1. The van der Waals surface area contributed by atoms with Gasteiger partial charge >= 0.3 is 0 Å². The molecule has 2 aromatic carbocycles. The second-order valence-corrected chi connectivity index (χ2v) is 10.9. The highest BCUT2D eigenvalue weighted by Crippen LogP contribution is 2.26. The molecule has 0 aromatic heterocycles. The smallest absolute Gasteiger partial charge is 0.281 e. The van der Waals surface area contributed by atoms with Crippen LogP contribution in [0.4, 0.5) is 5.69 Å². The summed E-state index contributed by atoms with van der Waals surface area (Å²) in [5.74, 6) is 0.662. The van der Waals surface area contributed by atoms with Crippen molar-refractivity contribution in [2.75, 3.05) is 32.5 Å². The summed E-state index contributed by atoms with van der Waals surface area (Å²) in [6.07, 6.45) is 1.06. The summed E-state index contributed by atoms with van der Waals surface area (Å²) in [5, 5.41) is 3.03. The first kappa shape index (κ1) is 22.8. The van der Waals surface area contributed by atoms with Crippen LogP contribution < -0.4 is 5.32 Å². The van der Waals surface area contributed by atoms with E-state index in [1.54, 1.807) is 11.8 Å². The lowest BCUT2D eigenvalue weighted by atomic mass is 9.97. The van der Waals surface area contributed by atoms with Crippen molar-refractivity contribution in [2.24, 2.45) is 5.92 Å². The molecule has 1 amide bonds. The Balaban J connectivity index is 1.54. The van der Waals surface area contributed by atoms with Gasteiger partial charge in [0.1, 0.15) is 0 Å². The zero-order valence-corrected chi connectivity index (χ0v) is 19.3. The number of carbonyl (C=O) groups excluding carboxylic acids is 1. The normalized spacial score (nSPS) is 16.0. The first-order chi connectivity index (χ1) is 14.3. The van der Waals surface area contributed by atoms with Crippen LogP contribution in [0.25, 0.3) is 0 Å². The van der Waals surface area contributed by atoms with Gasteiger partial charge < -0.3 is 5.32 Å². The highest BCUT2D eigenvalue weighted by Gasteiger charge is 2.32. The van der Waals surface area contributed by atoms with Crippen molar-refractivity contribution in [2.45, 2.75) is 30.4 Å². The largest absolute Gasteiger partial charge is 0.326 e. The molecule has 8 heteroatoms. The fourth-order valence-electron chi connectivity index (χ4n) is 3.45. The minimum Gasteiger partial charge on any atom is -0.326 e. The van der Waals surface area contributed by atoms with Crippen LogP contribution in [0.5, 0.6) is 0 Å². The standard InChI is InChI=1S/C22H29N3O3S2/c1-17-15-18(16-29-20-7-5-4-6-8-20)9-10-21(17)23-22(26)19-11-13-25(14-12-19)30(27,28)24(2)3/h4-10,15,19H,11-14,16H2,1-3H3,(H,23,26). The Bertz CT molecular complexity index is 970. The third kappa shape index (κ3) is 5.63. The van der Waals surface area contributed by atoms with Crippen LogP contribution in [-0.4, -0.2) is 50.1 Å². The van der Waals surface area contributed by atoms with E-state index in [1.807, 2.05) is 37.3 Å². The number of nitrogens with zero attached hydrogens (tertiary/aromatic N) is 2. The molecule has 0 unspecified atom stereocenters. The molecule has 1 aliphatic rings. The van der Waals surface area contributed by atoms with Crippen LogP contribution >= 0.6 is 11.8 Å². The number of hydrogen-bond acceptors (Lipinski definition) is 4. The Kier molecular flexibility index (Phi) is 7.57. The minimum atomic E-state index is -3.41. The molecule has 0 radical (unpaired) electrons. The number of nitrogens with one attached hydrogen (secondary N) is 1. The summed E-state index contributed by atoms with van der Waals surface area (Å²) in [6, 6.07) is 16.4. The molecule has 1 saturated heterocycles. The van der Waals surface area contributed by atoms with Crippen molar-refractivity contribution in [3.05, 3.63) is 59.7 Å². The van der Waals surface area contributed by atoms with E-state index >= 15 is 0 Å². The van der Waals surface area contributed by atoms with Gasteiger partial charge in [-0.05, 0) is 49.1 Å². The first-order valence-corrected chi connectivity index (χ1v) is 12.4. The minimum absolute atomic E-state index is 0.0357. The molecule has 1 heterocycles. The van der Waals surface area contributed by atoms with Crippen molar-refractivity contribution in [3.8, 4) is 0 Å². The van der Waals surface area contributed by atoms with Crippen molar-refractivity contribution < 1.29 is 13.2 Å². The van der Waals surface area contributed by atoms with Gasteiger partial charge in [0.15, 0.2) is 0 Å². The number of hydrogen-bond donors (Lipinski definition) is 1. The summed E-state index contributed by atoms with van der Waals surface area (Å²) in [5.41, 5.74) is 3.06. The molecular formula is C22H29N3O3S2. The molecule has 0 aliphatic carbocycles. The summed E-state index contributed by atoms with van der Waals surface area (Å²) in [6.45, 7) is 2.74. The van der Waals surface area contributed by atoms with Gasteiger partial charge in [0.25, 0.3) is 10.2 Å². The van der Waals surface area contributed by atoms with E-state index in [2.05, 4.69) is 23.5 Å². The summed E-state index contributed by atoms with van der Waals surface area (Å²) in [7, 11) is -0.359. The number of aryl methyl sites for hydroxylation is 1. The van der Waals surface area contributed by atoms with Crippen LogP contribution in [-0.2, 0) is 20.8 Å². The molecule has 0 atom stereocenters. The van der Waals surface area contributed by atoms with E-state index in [-0.39, 0.29) is 11.8 Å². The van der Waals surface area contributed by atoms with E-state index in [9.17, 15) is 13.2 Å². The van der Waals surface area contributed by atoms with Crippen molar-refractivity contribution in [3.63, 3.8) is 0 Å². The van der Waals surface area contributed by atoms with E-state index in [1.165, 1.54) is 33.2 Å². The van der Waals surface area contributed by atoms with E-state index in [0.717, 1.165) is 17.0 Å². The molecule has 0 spiro atoms. The summed E-state index contributed by atoms with van der Waals surface area (Å²) in [4.78, 5) is 13.9. The average Bonchev–Trinajstić information content (AvgIpc) is 2.74. The van der Waals surface area contributed by atoms with Crippen LogP contribution in [0, 0.1) is 12.8 Å². The highest BCUT2D eigenvalue weighted by molar-refractivity contribution is 7.98. The maximum absolute atomic E-state index is 12.7. The highest BCUT2D eigenvalue weighted by atomic mass is 32.2. The molecule has 0 bridgehead atoms.